The van der Waals surface area contributed by atoms with E-state index < -0.39 is 0 Å². The summed E-state index contributed by atoms with van der Waals surface area (Å²) in [6, 6.07) is 28.9. The predicted octanol–water partition coefficient (Wildman–Crippen LogP) is 5.54. The topological polar surface area (TPSA) is 6.48 Å². The van der Waals surface area contributed by atoms with Crippen LogP contribution in [-0.2, 0) is 19.5 Å². The fraction of sp³-hybridized carbons (Fsp3) is 0.259. The first kappa shape index (κ1) is 18.2. The van der Waals surface area contributed by atoms with Gasteiger partial charge in [-0.05, 0) is 52.8 Å². The van der Waals surface area contributed by atoms with Gasteiger partial charge in [-0.15, -0.1) is 0 Å². The van der Waals surface area contributed by atoms with Crippen LogP contribution in [0.2, 0.25) is 0 Å². The number of hydrogen-bond donors (Lipinski definition) is 0. The lowest BCUT2D eigenvalue weighted by molar-refractivity contribution is 0.294. The summed E-state index contributed by atoms with van der Waals surface area (Å²) in [5, 5.41) is 0. The van der Waals surface area contributed by atoms with Crippen LogP contribution in [0.4, 0.5) is 5.69 Å². The fourth-order valence-electron chi connectivity index (χ4n) is 4.56. The Morgan fingerprint density at radius 3 is 2.21 bits per heavy atom. The minimum absolute atomic E-state index is 1.02. The highest BCUT2D eigenvalue weighted by molar-refractivity contribution is 5.68. The van der Waals surface area contributed by atoms with Crippen molar-refractivity contribution in [3.05, 3.63) is 107 Å². The Labute approximate surface area is 174 Å². The maximum atomic E-state index is 2.53. The van der Waals surface area contributed by atoms with E-state index in [1.807, 2.05) is 0 Å². The third kappa shape index (κ3) is 4.13. The predicted molar refractivity (Wildman–Crippen MR) is 122 cm³/mol. The average Bonchev–Trinajstić information content (AvgIpc) is 2.80. The Morgan fingerprint density at radius 2 is 1.45 bits per heavy atom. The Balaban J connectivity index is 1.23. The van der Waals surface area contributed by atoms with Crippen LogP contribution in [0.1, 0.15) is 28.7 Å². The molecule has 0 unspecified atom stereocenters. The average molecular weight is 381 g/mol. The molecule has 146 valence electrons. The van der Waals surface area contributed by atoms with Gasteiger partial charge < -0.3 is 4.90 Å². The maximum Gasteiger partial charge on any atom is 0.0432 e. The molecule has 0 bridgehead atoms. The van der Waals surface area contributed by atoms with Gasteiger partial charge in [-0.2, -0.15) is 0 Å². The van der Waals surface area contributed by atoms with Crippen molar-refractivity contribution in [1.82, 2.24) is 4.90 Å². The zero-order chi connectivity index (χ0) is 19.5. The monoisotopic (exact) mass is 380 g/mol. The number of hydrogen-bond acceptors (Lipinski definition) is 2. The van der Waals surface area contributed by atoms with Gasteiger partial charge in [0.15, 0.2) is 0 Å². The van der Waals surface area contributed by atoms with E-state index in [2.05, 4.69) is 94.7 Å². The van der Waals surface area contributed by atoms with E-state index in [1.54, 1.807) is 0 Å². The molecule has 0 N–H and O–H groups in total. The van der Waals surface area contributed by atoms with Gasteiger partial charge in [0.05, 0.1) is 0 Å². The van der Waals surface area contributed by atoms with Crippen molar-refractivity contribution in [2.24, 2.45) is 0 Å². The minimum atomic E-state index is 1.02. The highest BCUT2D eigenvalue weighted by atomic mass is 15.1. The normalized spacial score (nSPS) is 17.0. The highest BCUT2D eigenvalue weighted by Crippen LogP contribution is 2.28. The molecule has 2 nitrogen and oxygen atoms in total. The highest BCUT2D eigenvalue weighted by Gasteiger charge is 2.17. The van der Waals surface area contributed by atoms with Crippen molar-refractivity contribution < 1.29 is 0 Å². The Bertz CT molecular complexity index is 989. The number of rotatable bonds is 4. The van der Waals surface area contributed by atoms with Crippen LogP contribution in [0, 0.1) is 0 Å². The van der Waals surface area contributed by atoms with Crippen LogP contribution in [-0.4, -0.2) is 24.5 Å². The standard InChI is InChI=1S/C27H28N2/c1-2-6-22(7-3-1)20-28-17-14-25(15-18-28)24-10-12-27(13-11-24)29-19-16-23-8-4-5-9-26(23)21-29/h1-14H,15-21H2. The van der Waals surface area contributed by atoms with E-state index in [0.29, 0.717) is 0 Å². The molecule has 29 heavy (non-hydrogen) atoms. The Hall–Kier alpha value is -2.84. The summed E-state index contributed by atoms with van der Waals surface area (Å²) in [6.07, 6.45) is 4.68. The number of anilines is 1. The van der Waals surface area contributed by atoms with Crippen molar-refractivity contribution in [2.45, 2.75) is 25.9 Å². The lowest BCUT2D eigenvalue weighted by Crippen LogP contribution is -2.30. The molecule has 0 amide bonds. The van der Waals surface area contributed by atoms with Crippen LogP contribution >= 0.6 is 0 Å². The van der Waals surface area contributed by atoms with Crippen molar-refractivity contribution >= 4 is 11.3 Å². The zero-order valence-corrected chi connectivity index (χ0v) is 16.9. The van der Waals surface area contributed by atoms with Crippen molar-refractivity contribution in [3.63, 3.8) is 0 Å². The van der Waals surface area contributed by atoms with Crippen LogP contribution in [0.5, 0.6) is 0 Å². The largest absolute Gasteiger partial charge is 0.367 e. The first-order chi connectivity index (χ1) is 14.3. The van der Waals surface area contributed by atoms with Gasteiger partial charge in [0.2, 0.25) is 0 Å². The van der Waals surface area contributed by atoms with E-state index in [4.69, 9.17) is 0 Å². The van der Waals surface area contributed by atoms with E-state index in [9.17, 15) is 0 Å². The molecule has 0 aliphatic carbocycles. The third-order valence-corrected chi connectivity index (χ3v) is 6.28. The summed E-state index contributed by atoms with van der Waals surface area (Å²) in [5.41, 5.74) is 8.58. The molecule has 0 radical (unpaired) electrons. The molecule has 5 rings (SSSR count). The quantitative estimate of drug-likeness (QED) is 0.586. The molecule has 0 fully saturated rings. The molecular formula is C27H28N2. The molecule has 0 aromatic heterocycles. The fourth-order valence-corrected chi connectivity index (χ4v) is 4.56. The second-order valence-electron chi connectivity index (χ2n) is 8.19. The number of fused-ring (bicyclic) bond motifs is 1. The zero-order valence-electron chi connectivity index (χ0n) is 16.9. The lowest BCUT2D eigenvalue weighted by Gasteiger charge is -2.31. The summed E-state index contributed by atoms with van der Waals surface area (Å²) >= 11 is 0. The summed E-state index contributed by atoms with van der Waals surface area (Å²) in [6.45, 7) is 5.33. The van der Waals surface area contributed by atoms with E-state index in [1.165, 1.54) is 33.5 Å². The first-order valence-electron chi connectivity index (χ1n) is 10.7. The van der Waals surface area contributed by atoms with E-state index in [0.717, 1.165) is 45.6 Å². The molecule has 0 atom stereocenters. The van der Waals surface area contributed by atoms with Crippen molar-refractivity contribution in [2.75, 3.05) is 24.5 Å². The molecule has 2 aliphatic rings. The number of nitrogens with zero attached hydrogens (tertiary/aromatic N) is 2. The molecule has 0 spiro atoms. The summed E-state index contributed by atoms with van der Waals surface area (Å²) in [5.74, 6) is 0. The van der Waals surface area contributed by atoms with Gasteiger partial charge in [-0.1, -0.05) is 72.8 Å². The van der Waals surface area contributed by atoms with E-state index in [-0.39, 0.29) is 0 Å². The molecular weight excluding hydrogens is 352 g/mol. The van der Waals surface area contributed by atoms with Crippen LogP contribution < -0.4 is 4.90 Å². The summed E-state index contributed by atoms with van der Waals surface area (Å²) in [4.78, 5) is 5.03. The second kappa shape index (κ2) is 8.26. The molecule has 2 heteroatoms. The first-order valence-corrected chi connectivity index (χ1v) is 10.7. The molecule has 2 heterocycles. The SMILES string of the molecule is C1=C(c2ccc(N3CCc4ccccc4C3)cc2)CCN(Cc2ccccc2)C1. The summed E-state index contributed by atoms with van der Waals surface area (Å²) < 4.78 is 0. The van der Waals surface area contributed by atoms with Gasteiger partial charge in [-0.25, -0.2) is 0 Å². The van der Waals surface area contributed by atoms with Gasteiger partial charge in [0.25, 0.3) is 0 Å². The summed E-state index contributed by atoms with van der Waals surface area (Å²) in [7, 11) is 0. The maximum absolute atomic E-state index is 2.53. The third-order valence-electron chi connectivity index (χ3n) is 6.28. The number of benzene rings is 3. The van der Waals surface area contributed by atoms with E-state index >= 15 is 0 Å². The van der Waals surface area contributed by atoms with Crippen LogP contribution in [0.15, 0.2) is 84.9 Å². The van der Waals surface area contributed by atoms with Gasteiger partial charge in [0.1, 0.15) is 0 Å². The van der Waals surface area contributed by atoms with Crippen molar-refractivity contribution in [1.29, 1.82) is 0 Å². The lowest BCUT2D eigenvalue weighted by atomic mass is 9.97. The van der Waals surface area contributed by atoms with Crippen molar-refractivity contribution in [3.8, 4) is 0 Å². The minimum Gasteiger partial charge on any atom is -0.367 e. The second-order valence-corrected chi connectivity index (χ2v) is 8.19. The van der Waals surface area contributed by atoms with Gasteiger partial charge >= 0.3 is 0 Å². The smallest absolute Gasteiger partial charge is 0.0432 e. The molecule has 3 aromatic rings. The van der Waals surface area contributed by atoms with Crippen LogP contribution in [0.25, 0.3) is 5.57 Å². The Morgan fingerprint density at radius 1 is 0.690 bits per heavy atom. The molecule has 2 aliphatic heterocycles. The molecule has 0 saturated carbocycles. The Kier molecular flexibility index (Phi) is 5.19. The van der Waals surface area contributed by atoms with Gasteiger partial charge in [0, 0.05) is 38.4 Å². The molecule has 3 aromatic carbocycles. The van der Waals surface area contributed by atoms with Crippen LogP contribution in [0.3, 0.4) is 0 Å². The van der Waals surface area contributed by atoms with Gasteiger partial charge in [-0.3, -0.25) is 4.90 Å². The molecule has 0 saturated heterocycles.